The number of ether oxygens (including phenoxy) is 1. The number of amides is 1. The number of nitrogen functional groups attached to an aromatic ring is 1. The van der Waals surface area contributed by atoms with Gasteiger partial charge in [0.05, 0.1) is 17.7 Å². The maximum atomic E-state index is 12.4. The highest BCUT2D eigenvalue weighted by Crippen LogP contribution is 2.22. The highest BCUT2D eigenvalue weighted by Gasteiger charge is 2.26. The first-order chi connectivity index (χ1) is 9.65. The Morgan fingerprint density at radius 1 is 1.30 bits per heavy atom. The highest BCUT2D eigenvalue weighted by atomic mass is 16.5. The summed E-state index contributed by atoms with van der Waals surface area (Å²) in [7, 11) is 0. The minimum atomic E-state index is -0.129. The number of hydrogen-bond donors (Lipinski definition) is 2. The third-order valence-electron chi connectivity index (χ3n) is 3.86. The van der Waals surface area contributed by atoms with E-state index in [0.717, 1.165) is 17.2 Å². The minimum absolute atomic E-state index is 0.0561. The molecule has 1 aliphatic heterocycles. The van der Waals surface area contributed by atoms with Gasteiger partial charge < -0.3 is 15.8 Å². The minimum Gasteiger partial charge on any atom is -0.398 e. The Kier molecular flexibility index (Phi) is 3.32. The summed E-state index contributed by atoms with van der Waals surface area (Å²) in [5.74, 6) is -0.129. The fourth-order valence-corrected chi connectivity index (χ4v) is 2.62. The molecule has 2 aromatic carbocycles. The Morgan fingerprint density at radius 2 is 2.00 bits per heavy atom. The van der Waals surface area contributed by atoms with E-state index in [1.54, 1.807) is 0 Å². The molecule has 104 valence electrons. The van der Waals surface area contributed by atoms with Gasteiger partial charge in [-0.25, -0.2) is 0 Å². The number of rotatable bonds is 2. The van der Waals surface area contributed by atoms with Crippen LogP contribution in [0.3, 0.4) is 0 Å². The SMILES string of the molecule is CC1OCCC1NC(=O)c1cc2ccccc2cc1N. The lowest BCUT2D eigenvalue weighted by Crippen LogP contribution is -2.39. The summed E-state index contributed by atoms with van der Waals surface area (Å²) in [6.45, 7) is 2.67. The van der Waals surface area contributed by atoms with Crippen molar-refractivity contribution in [3.05, 3.63) is 42.0 Å². The largest absolute Gasteiger partial charge is 0.398 e. The zero-order valence-corrected chi connectivity index (χ0v) is 11.4. The van der Waals surface area contributed by atoms with E-state index in [4.69, 9.17) is 10.5 Å². The topological polar surface area (TPSA) is 64.3 Å². The fourth-order valence-electron chi connectivity index (χ4n) is 2.62. The van der Waals surface area contributed by atoms with Crippen molar-refractivity contribution in [2.24, 2.45) is 0 Å². The van der Waals surface area contributed by atoms with Crippen LogP contribution in [0.5, 0.6) is 0 Å². The van der Waals surface area contributed by atoms with Crippen molar-refractivity contribution in [1.29, 1.82) is 0 Å². The van der Waals surface area contributed by atoms with Crippen LogP contribution < -0.4 is 11.1 Å². The zero-order chi connectivity index (χ0) is 14.1. The van der Waals surface area contributed by atoms with Gasteiger partial charge in [-0.3, -0.25) is 4.79 Å². The number of benzene rings is 2. The normalized spacial score (nSPS) is 22.1. The third-order valence-corrected chi connectivity index (χ3v) is 3.86. The van der Waals surface area contributed by atoms with E-state index in [1.807, 2.05) is 43.3 Å². The maximum Gasteiger partial charge on any atom is 0.253 e. The first kappa shape index (κ1) is 12.9. The van der Waals surface area contributed by atoms with Gasteiger partial charge in [-0.15, -0.1) is 0 Å². The standard InChI is InChI=1S/C16H18N2O2/c1-10-15(6-7-20-10)18-16(19)13-8-11-4-2-3-5-12(11)9-14(13)17/h2-5,8-10,15H,6-7,17H2,1H3,(H,18,19). The Bertz CT molecular complexity index is 654. The lowest BCUT2D eigenvalue weighted by Gasteiger charge is -2.17. The molecule has 1 saturated heterocycles. The van der Waals surface area contributed by atoms with Crippen molar-refractivity contribution in [3.8, 4) is 0 Å². The molecular weight excluding hydrogens is 252 g/mol. The van der Waals surface area contributed by atoms with Gasteiger partial charge in [0.25, 0.3) is 5.91 Å². The predicted octanol–water partition coefficient (Wildman–Crippen LogP) is 2.33. The summed E-state index contributed by atoms with van der Waals surface area (Å²) in [6, 6.07) is 11.6. The Balaban J connectivity index is 1.89. The van der Waals surface area contributed by atoms with E-state index in [0.29, 0.717) is 17.9 Å². The first-order valence-electron chi connectivity index (χ1n) is 6.86. The lowest BCUT2D eigenvalue weighted by atomic mass is 10.0. The van der Waals surface area contributed by atoms with Gasteiger partial charge in [-0.1, -0.05) is 24.3 Å². The Labute approximate surface area is 117 Å². The molecule has 3 N–H and O–H groups in total. The fraction of sp³-hybridized carbons (Fsp3) is 0.312. The molecule has 2 unspecified atom stereocenters. The molecule has 4 heteroatoms. The Hall–Kier alpha value is -2.07. The van der Waals surface area contributed by atoms with Crippen molar-refractivity contribution in [2.45, 2.75) is 25.5 Å². The summed E-state index contributed by atoms with van der Waals surface area (Å²) < 4.78 is 5.46. The molecule has 1 fully saturated rings. The second-order valence-corrected chi connectivity index (χ2v) is 5.23. The smallest absolute Gasteiger partial charge is 0.253 e. The van der Waals surface area contributed by atoms with Crippen molar-refractivity contribution in [2.75, 3.05) is 12.3 Å². The molecule has 20 heavy (non-hydrogen) atoms. The summed E-state index contributed by atoms with van der Waals surface area (Å²) in [5.41, 5.74) is 7.04. The lowest BCUT2D eigenvalue weighted by molar-refractivity contribution is 0.0867. The van der Waals surface area contributed by atoms with Gasteiger partial charge in [-0.05, 0) is 36.2 Å². The van der Waals surface area contributed by atoms with E-state index in [1.165, 1.54) is 0 Å². The number of nitrogens with two attached hydrogens (primary N) is 1. The number of hydrogen-bond acceptors (Lipinski definition) is 3. The van der Waals surface area contributed by atoms with Crippen LogP contribution in [-0.2, 0) is 4.74 Å². The molecule has 1 aliphatic rings. The second-order valence-electron chi connectivity index (χ2n) is 5.23. The molecule has 3 rings (SSSR count). The van der Waals surface area contributed by atoms with Crippen LogP contribution in [0, 0.1) is 0 Å². The molecular formula is C16H18N2O2. The molecule has 0 bridgehead atoms. The predicted molar refractivity (Wildman–Crippen MR) is 79.6 cm³/mol. The molecule has 2 aromatic rings. The van der Waals surface area contributed by atoms with Crippen molar-refractivity contribution in [3.63, 3.8) is 0 Å². The molecule has 0 saturated carbocycles. The zero-order valence-electron chi connectivity index (χ0n) is 11.4. The average Bonchev–Trinajstić information content (AvgIpc) is 2.83. The number of fused-ring (bicyclic) bond motifs is 1. The maximum absolute atomic E-state index is 12.4. The molecule has 1 amide bonds. The Morgan fingerprint density at radius 3 is 2.65 bits per heavy atom. The van der Waals surface area contributed by atoms with Gasteiger partial charge in [0.2, 0.25) is 0 Å². The molecule has 0 aliphatic carbocycles. The number of carbonyl (C=O) groups excluding carboxylic acids is 1. The number of nitrogens with one attached hydrogen (secondary N) is 1. The van der Waals surface area contributed by atoms with E-state index in [-0.39, 0.29) is 18.1 Å². The summed E-state index contributed by atoms with van der Waals surface area (Å²) in [6.07, 6.45) is 0.904. The molecule has 2 atom stereocenters. The van der Waals surface area contributed by atoms with E-state index in [2.05, 4.69) is 5.32 Å². The molecule has 0 spiro atoms. The van der Waals surface area contributed by atoms with E-state index < -0.39 is 0 Å². The van der Waals surface area contributed by atoms with Crippen LogP contribution in [0.1, 0.15) is 23.7 Å². The third kappa shape index (κ3) is 2.34. The average molecular weight is 270 g/mol. The van der Waals surface area contributed by atoms with Gasteiger partial charge >= 0.3 is 0 Å². The quantitative estimate of drug-likeness (QED) is 0.823. The van der Waals surface area contributed by atoms with Crippen molar-refractivity contribution < 1.29 is 9.53 Å². The second kappa shape index (κ2) is 5.13. The van der Waals surface area contributed by atoms with Crippen LogP contribution in [-0.4, -0.2) is 24.7 Å². The summed E-state index contributed by atoms with van der Waals surface area (Å²) >= 11 is 0. The van der Waals surface area contributed by atoms with Crippen LogP contribution in [0.2, 0.25) is 0 Å². The number of carbonyl (C=O) groups is 1. The van der Waals surface area contributed by atoms with Gasteiger partial charge in [0.1, 0.15) is 0 Å². The molecule has 4 nitrogen and oxygen atoms in total. The summed E-state index contributed by atoms with van der Waals surface area (Å²) in [5, 5.41) is 5.06. The summed E-state index contributed by atoms with van der Waals surface area (Å²) in [4.78, 5) is 12.4. The van der Waals surface area contributed by atoms with Crippen LogP contribution in [0.4, 0.5) is 5.69 Å². The first-order valence-corrected chi connectivity index (χ1v) is 6.86. The monoisotopic (exact) mass is 270 g/mol. The van der Waals surface area contributed by atoms with Crippen LogP contribution in [0.25, 0.3) is 10.8 Å². The van der Waals surface area contributed by atoms with Crippen LogP contribution >= 0.6 is 0 Å². The molecule has 1 heterocycles. The van der Waals surface area contributed by atoms with Gasteiger partial charge in [-0.2, -0.15) is 0 Å². The van der Waals surface area contributed by atoms with Gasteiger partial charge in [0.15, 0.2) is 0 Å². The van der Waals surface area contributed by atoms with E-state index >= 15 is 0 Å². The highest BCUT2D eigenvalue weighted by molar-refractivity contribution is 6.04. The number of anilines is 1. The van der Waals surface area contributed by atoms with E-state index in [9.17, 15) is 4.79 Å². The van der Waals surface area contributed by atoms with Gasteiger partial charge in [0, 0.05) is 12.3 Å². The molecule has 0 aromatic heterocycles. The van der Waals surface area contributed by atoms with Crippen molar-refractivity contribution >= 4 is 22.4 Å². The molecule has 0 radical (unpaired) electrons. The van der Waals surface area contributed by atoms with Crippen molar-refractivity contribution in [1.82, 2.24) is 5.32 Å². The van der Waals surface area contributed by atoms with Crippen LogP contribution in [0.15, 0.2) is 36.4 Å².